The van der Waals surface area contributed by atoms with Crippen molar-refractivity contribution in [2.24, 2.45) is 0 Å². The SMILES string of the molecule is Fc1cc2c(F)c-2n1. The van der Waals surface area contributed by atoms with Crippen LogP contribution in [-0.4, -0.2) is 4.98 Å². The molecule has 40 valence electrons. The molecular weight excluding hydrogens is 112 g/mol. The molecule has 2 rings (SSSR count). The lowest BCUT2D eigenvalue weighted by atomic mass is 10.6. The number of rotatable bonds is 0. The molecule has 0 spiro atoms. The second kappa shape index (κ2) is 0.891. The van der Waals surface area contributed by atoms with Crippen LogP contribution in [0.4, 0.5) is 8.78 Å². The Morgan fingerprint density at radius 1 is 1.38 bits per heavy atom. The van der Waals surface area contributed by atoms with Crippen LogP contribution in [0.2, 0.25) is 0 Å². The van der Waals surface area contributed by atoms with E-state index in [-0.39, 0.29) is 11.5 Å². The average molecular weight is 113 g/mol. The lowest BCUT2D eigenvalue weighted by molar-refractivity contribution is 0.586. The Hall–Kier alpha value is -0.990. The van der Waals surface area contributed by atoms with E-state index >= 15 is 0 Å². The van der Waals surface area contributed by atoms with Crippen LogP contribution < -0.4 is 0 Å². The van der Waals surface area contributed by atoms with Gasteiger partial charge >= 0.3 is 0 Å². The number of fused-ring (bicyclic) bond motifs is 1. The normalized spacial score (nSPS) is 11.8. The number of aromatic nitrogens is 1. The maximum absolute atomic E-state index is 11.9. The zero-order chi connectivity index (χ0) is 5.72. The lowest BCUT2D eigenvalue weighted by Crippen LogP contribution is -1.66. The number of hydrogen-bond acceptors (Lipinski definition) is 1. The highest BCUT2D eigenvalue weighted by Crippen LogP contribution is 2.38. The molecule has 0 aromatic carbocycles. The Morgan fingerprint density at radius 3 is 2.50 bits per heavy atom. The Balaban J connectivity index is 2.66. The fraction of sp³-hybridized carbons (Fsp3) is 0. The van der Waals surface area contributed by atoms with Crippen molar-refractivity contribution >= 4 is 0 Å². The molecule has 0 fully saturated rings. The van der Waals surface area contributed by atoms with Crippen LogP contribution in [0.5, 0.6) is 0 Å². The number of hydrogen-bond donors (Lipinski definition) is 0. The average Bonchev–Trinajstić information content (AvgIpc) is 2.29. The number of pyridine rings is 1. The first-order valence-corrected chi connectivity index (χ1v) is 2.15. The molecule has 1 aliphatic heterocycles. The fourth-order valence-electron chi connectivity index (χ4n) is 0.668. The van der Waals surface area contributed by atoms with Gasteiger partial charge in [0.15, 0.2) is 5.82 Å². The second-order valence-electron chi connectivity index (χ2n) is 1.66. The predicted octanol–water partition coefficient (Wildman–Crippen LogP) is 1.34. The molecule has 0 saturated carbocycles. The molecule has 0 N–H and O–H groups in total. The van der Waals surface area contributed by atoms with Crippen LogP contribution >= 0.6 is 0 Å². The van der Waals surface area contributed by atoms with E-state index in [1.54, 1.807) is 0 Å². The van der Waals surface area contributed by atoms with Crippen molar-refractivity contribution in [3.05, 3.63) is 17.8 Å². The van der Waals surface area contributed by atoms with E-state index in [0.29, 0.717) is 5.56 Å². The minimum atomic E-state index is -0.587. The van der Waals surface area contributed by atoms with E-state index in [1.165, 1.54) is 0 Å². The lowest BCUT2D eigenvalue weighted by Gasteiger charge is -1.66. The van der Waals surface area contributed by atoms with Gasteiger partial charge in [0.2, 0.25) is 5.95 Å². The van der Waals surface area contributed by atoms with E-state index in [9.17, 15) is 8.78 Å². The van der Waals surface area contributed by atoms with Crippen LogP contribution in [0.15, 0.2) is 6.07 Å². The molecule has 0 unspecified atom stereocenters. The summed E-state index contributed by atoms with van der Waals surface area (Å²) in [6.45, 7) is 0. The van der Waals surface area contributed by atoms with Crippen LogP contribution in [0.3, 0.4) is 0 Å². The highest BCUT2D eigenvalue weighted by molar-refractivity contribution is 5.78. The third-order valence-corrected chi connectivity index (χ3v) is 1.12. The van der Waals surface area contributed by atoms with Crippen molar-refractivity contribution in [2.75, 3.05) is 0 Å². The Labute approximate surface area is 44.0 Å². The first-order valence-electron chi connectivity index (χ1n) is 2.15. The predicted molar refractivity (Wildman–Crippen MR) is 23.1 cm³/mol. The van der Waals surface area contributed by atoms with Gasteiger partial charge in [0.1, 0.15) is 5.69 Å². The Kier molecular flexibility index (Phi) is 0.440. The van der Waals surface area contributed by atoms with Crippen LogP contribution in [0, 0.1) is 11.8 Å². The summed E-state index contributed by atoms with van der Waals surface area (Å²) in [5.41, 5.74) is 0.532. The van der Waals surface area contributed by atoms with Gasteiger partial charge in [-0.15, -0.1) is 0 Å². The van der Waals surface area contributed by atoms with E-state index in [2.05, 4.69) is 4.98 Å². The minimum absolute atomic E-state index is 0.197. The first-order chi connectivity index (χ1) is 3.79. The van der Waals surface area contributed by atoms with Gasteiger partial charge in [-0.05, 0) is 0 Å². The molecule has 2 aliphatic rings. The minimum Gasteiger partial charge on any atom is -0.216 e. The molecule has 1 heterocycles. The van der Waals surface area contributed by atoms with Gasteiger partial charge in [-0.3, -0.25) is 0 Å². The Morgan fingerprint density at radius 2 is 2.12 bits per heavy atom. The summed E-state index contributed by atoms with van der Waals surface area (Å²) in [5.74, 6) is -0.942. The van der Waals surface area contributed by atoms with Crippen LogP contribution in [-0.2, 0) is 0 Å². The molecule has 0 aromatic rings. The van der Waals surface area contributed by atoms with Gasteiger partial charge < -0.3 is 0 Å². The van der Waals surface area contributed by atoms with Crippen LogP contribution in [0.1, 0.15) is 0 Å². The highest BCUT2D eigenvalue weighted by atomic mass is 19.1. The van der Waals surface area contributed by atoms with Gasteiger partial charge in [0, 0.05) is 11.6 Å². The molecule has 0 saturated heterocycles. The van der Waals surface area contributed by atoms with Crippen LogP contribution in [0.25, 0.3) is 11.3 Å². The molecule has 1 nitrogen and oxygen atoms in total. The summed E-state index contributed by atoms with van der Waals surface area (Å²) >= 11 is 0. The molecule has 1 aliphatic carbocycles. The smallest absolute Gasteiger partial charge is 0.214 e. The van der Waals surface area contributed by atoms with E-state index in [1.807, 2.05) is 0 Å². The molecule has 3 heteroatoms. The maximum Gasteiger partial charge on any atom is 0.214 e. The molecule has 0 atom stereocenters. The molecule has 0 bridgehead atoms. The topological polar surface area (TPSA) is 12.9 Å². The Bertz CT molecular complexity index is 234. The summed E-state index contributed by atoms with van der Waals surface area (Å²) in [5, 5.41) is 0. The zero-order valence-electron chi connectivity index (χ0n) is 3.78. The monoisotopic (exact) mass is 113 g/mol. The molecule has 0 aromatic heterocycles. The molecular formula is C5HF2N. The summed E-state index contributed by atoms with van der Waals surface area (Å²) in [6.07, 6.45) is 0. The summed E-state index contributed by atoms with van der Waals surface area (Å²) in [4.78, 5) is 3.21. The summed E-state index contributed by atoms with van der Waals surface area (Å²) in [6, 6.07) is 1.09. The van der Waals surface area contributed by atoms with Gasteiger partial charge in [-0.2, -0.15) is 4.39 Å². The van der Waals surface area contributed by atoms with Gasteiger partial charge in [0.05, 0.1) is 0 Å². The van der Waals surface area contributed by atoms with Crippen molar-refractivity contribution in [3.8, 4) is 11.3 Å². The molecule has 0 radical (unpaired) electrons. The standard InChI is InChI=1S/C5HF2N/c6-3-1-2-4(7)5(2)8-3/h1H. The first kappa shape index (κ1) is 3.95. The third kappa shape index (κ3) is 0.278. The van der Waals surface area contributed by atoms with Gasteiger partial charge in [0.25, 0.3) is 0 Å². The summed E-state index contributed by atoms with van der Waals surface area (Å²) in [7, 11) is 0. The van der Waals surface area contributed by atoms with Gasteiger partial charge in [-0.25, -0.2) is 9.37 Å². The number of halogens is 2. The van der Waals surface area contributed by atoms with E-state index < -0.39 is 5.95 Å². The van der Waals surface area contributed by atoms with Crippen molar-refractivity contribution < 1.29 is 8.78 Å². The highest BCUT2D eigenvalue weighted by Gasteiger charge is 2.28. The largest absolute Gasteiger partial charge is 0.216 e. The van der Waals surface area contributed by atoms with Crippen molar-refractivity contribution in [3.63, 3.8) is 0 Å². The molecule has 0 amide bonds. The van der Waals surface area contributed by atoms with E-state index in [4.69, 9.17) is 0 Å². The van der Waals surface area contributed by atoms with Gasteiger partial charge in [-0.1, -0.05) is 0 Å². The van der Waals surface area contributed by atoms with Crippen molar-refractivity contribution in [1.82, 2.24) is 4.98 Å². The second-order valence-corrected chi connectivity index (χ2v) is 1.66. The van der Waals surface area contributed by atoms with Crippen molar-refractivity contribution in [1.29, 1.82) is 0 Å². The zero-order valence-corrected chi connectivity index (χ0v) is 3.78. The number of nitrogens with zero attached hydrogens (tertiary/aromatic N) is 1. The third-order valence-electron chi connectivity index (χ3n) is 1.12. The fourth-order valence-corrected chi connectivity index (χ4v) is 0.668. The quantitative estimate of drug-likeness (QED) is 0.470. The maximum atomic E-state index is 11.9. The van der Waals surface area contributed by atoms with E-state index in [0.717, 1.165) is 6.07 Å². The molecule has 8 heavy (non-hydrogen) atoms. The summed E-state index contributed by atoms with van der Waals surface area (Å²) < 4.78 is 23.8. The van der Waals surface area contributed by atoms with Crippen molar-refractivity contribution in [2.45, 2.75) is 0 Å².